The lowest BCUT2D eigenvalue weighted by Crippen LogP contribution is -2.35. The molecule has 1 aliphatic heterocycles. The molecule has 0 saturated carbocycles. The minimum Gasteiger partial charge on any atom is -0.310 e. The number of nitrogens with zero attached hydrogens (tertiary/aromatic N) is 1. The summed E-state index contributed by atoms with van der Waals surface area (Å²) in [5.74, 6) is 0.646. The van der Waals surface area contributed by atoms with Crippen molar-refractivity contribution in [3.8, 4) is 0 Å². The van der Waals surface area contributed by atoms with Crippen LogP contribution < -0.4 is 10.2 Å². The quantitative estimate of drug-likeness (QED) is 0.889. The minimum absolute atomic E-state index is 0.176. The van der Waals surface area contributed by atoms with E-state index in [4.69, 9.17) is 0 Å². The van der Waals surface area contributed by atoms with Crippen molar-refractivity contribution in [2.75, 3.05) is 18.5 Å². The van der Waals surface area contributed by atoms with Crippen LogP contribution in [-0.4, -0.2) is 19.5 Å². The van der Waals surface area contributed by atoms with Crippen LogP contribution in [-0.2, 0) is 4.79 Å². The third-order valence-corrected chi connectivity index (χ3v) is 3.40. The predicted molar refractivity (Wildman–Crippen MR) is 74.9 cm³/mol. The van der Waals surface area contributed by atoms with Crippen LogP contribution in [0.15, 0.2) is 12.1 Å². The molecule has 1 N–H and O–H groups in total. The van der Waals surface area contributed by atoms with Crippen molar-refractivity contribution in [2.45, 2.75) is 33.7 Å². The van der Waals surface area contributed by atoms with Crippen molar-refractivity contribution in [2.24, 2.45) is 5.92 Å². The number of benzene rings is 1. The van der Waals surface area contributed by atoms with E-state index < -0.39 is 0 Å². The van der Waals surface area contributed by atoms with Crippen LogP contribution in [0.4, 0.5) is 5.69 Å². The summed E-state index contributed by atoms with van der Waals surface area (Å²) in [4.78, 5) is 14.4. The van der Waals surface area contributed by atoms with Gasteiger partial charge < -0.3 is 10.2 Å². The van der Waals surface area contributed by atoms with E-state index >= 15 is 0 Å². The van der Waals surface area contributed by atoms with Crippen molar-refractivity contribution in [3.63, 3.8) is 0 Å². The first-order valence-corrected chi connectivity index (χ1v) is 6.55. The summed E-state index contributed by atoms with van der Waals surface area (Å²) in [6.07, 6.45) is 0. The Bertz CT molecular complexity index is 480. The van der Waals surface area contributed by atoms with E-state index in [1.807, 2.05) is 11.9 Å². The molecule has 1 amide bonds. The van der Waals surface area contributed by atoms with Gasteiger partial charge >= 0.3 is 0 Å². The second kappa shape index (κ2) is 4.73. The van der Waals surface area contributed by atoms with E-state index in [1.54, 1.807) is 0 Å². The van der Waals surface area contributed by atoms with Gasteiger partial charge in [-0.15, -0.1) is 0 Å². The predicted octanol–water partition coefficient (Wildman–Crippen LogP) is 2.57. The van der Waals surface area contributed by atoms with Gasteiger partial charge in [0.05, 0.1) is 5.69 Å². The zero-order valence-electron chi connectivity index (χ0n) is 11.9. The molecular weight excluding hydrogens is 224 g/mol. The molecule has 18 heavy (non-hydrogen) atoms. The molecule has 3 nitrogen and oxygen atoms in total. The van der Waals surface area contributed by atoms with E-state index in [1.165, 1.54) is 11.1 Å². The Kier molecular flexibility index (Phi) is 3.44. The average molecular weight is 246 g/mol. The molecule has 0 fully saturated rings. The van der Waals surface area contributed by atoms with Gasteiger partial charge in [0.1, 0.15) is 6.04 Å². The number of hydrogen-bond acceptors (Lipinski definition) is 2. The third kappa shape index (κ3) is 2.03. The van der Waals surface area contributed by atoms with Crippen LogP contribution in [0.5, 0.6) is 0 Å². The highest BCUT2D eigenvalue weighted by molar-refractivity contribution is 6.05. The average Bonchev–Trinajstić information content (AvgIpc) is 2.51. The van der Waals surface area contributed by atoms with Crippen molar-refractivity contribution >= 4 is 11.6 Å². The SMILES string of the molecule is CNC1C(=O)N(CC(C)C)c2c(C)cc(C)cc21. The van der Waals surface area contributed by atoms with Crippen LogP contribution in [0.3, 0.4) is 0 Å². The number of aryl methyl sites for hydroxylation is 2. The fourth-order valence-corrected chi connectivity index (χ4v) is 2.81. The van der Waals surface area contributed by atoms with Crippen LogP contribution in [0.1, 0.15) is 36.6 Å². The summed E-state index contributed by atoms with van der Waals surface area (Å²) in [5.41, 5.74) is 4.64. The molecular formula is C15H22N2O. The summed E-state index contributed by atoms with van der Waals surface area (Å²) in [6, 6.07) is 4.09. The highest BCUT2D eigenvalue weighted by Crippen LogP contribution is 2.39. The maximum atomic E-state index is 12.5. The molecule has 0 radical (unpaired) electrons. The number of amides is 1. The van der Waals surface area contributed by atoms with Gasteiger partial charge in [-0.2, -0.15) is 0 Å². The molecule has 1 unspecified atom stereocenters. The number of carbonyl (C=O) groups is 1. The molecule has 0 aliphatic carbocycles. The van der Waals surface area contributed by atoms with Crippen molar-refractivity contribution < 1.29 is 4.79 Å². The van der Waals surface area contributed by atoms with E-state index in [-0.39, 0.29) is 11.9 Å². The monoisotopic (exact) mass is 246 g/mol. The Morgan fingerprint density at radius 3 is 2.56 bits per heavy atom. The maximum Gasteiger partial charge on any atom is 0.248 e. The smallest absolute Gasteiger partial charge is 0.248 e. The number of fused-ring (bicyclic) bond motifs is 1. The first-order chi connectivity index (χ1) is 8.45. The highest BCUT2D eigenvalue weighted by atomic mass is 16.2. The Hall–Kier alpha value is -1.35. The summed E-state index contributed by atoms with van der Waals surface area (Å²) >= 11 is 0. The van der Waals surface area contributed by atoms with Gasteiger partial charge in [0.25, 0.3) is 0 Å². The van der Waals surface area contributed by atoms with Gasteiger partial charge in [-0.1, -0.05) is 31.5 Å². The van der Waals surface area contributed by atoms with Crippen LogP contribution >= 0.6 is 0 Å². The standard InChI is InChI=1S/C15H22N2O/c1-9(2)8-17-14-11(4)6-10(3)7-12(14)13(16-5)15(17)18/h6-7,9,13,16H,8H2,1-5H3. The Labute approximate surface area is 109 Å². The fourth-order valence-electron chi connectivity index (χ4n) is 2.81. The Morgan fingerprint density at radius 2 is 2.00 bits per heavy atom. The van der Waals surface area contributed by atoms with Crippen molar-refractivity contribution in [1.82, 2.24) is 5.32 Å². The fraction of sp³-hybridized carbons (Fsp3) is 0.533. The zero-order chi connectivity index (χ0) is 13.4. The van der Waals surface area contributed by atoms with Gasteiger partial charge in [0.15, 0.2) is 0 Å². The molecule has 0 spiro atoms. The van der Waals surface area contributed by atoms with Crippen LogP contribution in [0, 0.1) is 19.8 Å². The molecule has 0 bridgehead atoms. The lowest BCUT2D eigenvalue weighted by atomic mass is 10.0. The van der Waals surface area contributed by atoms with Gasteiger partial charge in [0, 0.05) is 12.1 Å². The lowest BCUT2D eigenvalue weighted by Gasteiger charge is -2.21. The van der Waals surface area contributed by atoms with Crippen molar-refractivity contribution in [3.05, 3.63) is 28.8 Å². The largest absolute Gasteiger partial charge is 0.310 e. The molecule has 1 aliphatic rings. The number of carbonyl (C=O) groups excluding carboxylic acids is 1. The van der Waals surface area contributed by atoms with Gasteiger partial charge in [-0.05, 0) is 32.4 Å². The molecule has 1 heterocycles. The van der Waals surface area contributed by atoms with E-state index in [9.17, 15) is 4.79 Å². The first kappa shape index (κ1) is 13.1. The van der Waals surface area contributed by atoms with Crippen LogP contribution in [0.2, 0.25) is 0 Å². The molecule has 1 aromatic rings. The molecule has 1 aromatic carbocycles. The Morgan fingerprint density at radius 1 is 1.33 bits per heavy atom. The summed E-state index contributed by atoms with van der Waals surface area (Å²) < 4.78 is 0. The molecule has 0 aromatic heterocycles. The second-order valence-corrected chi connectivity index (χ2v) is 5.58. The van der Waals surface area contributed by atoms with E-state index in [0.717, 1.165) is 17.8 Å². The summed E-state index contributed by atoms with van der Waals surface area (Å²) in [5, 5.41) is 3.14. The third-order valence-electron chi connectivity index (χ3n) is 3.40. The second-order valence-electron chi connectivity index (χ2n) is 5.58. The van der Waals surface area contributed by atoms with E-state index in [2.05, 4.69) is 45.1 Å². The zero-order valence-corrected chi connectivity index (χ0v) is 11.9. The maximum absolute atomic E-state index is 12.5. The normalized spacial score (nSPS) is 18.7. The topological polar surface area (TPSA) is 32.3 Å². The molecule has 1 atom stereocenters. The molecule has 2 rings (SSSR count). The van der Waals surface area contributed by atoms with Gasteiger partial charge in [-0.3, -0.25) is 4.79 Å². The number of rotatable bonds is 3. The van der Waals surface area contributed by atoms with Gasteiger partial charge in [-0.25, -0.2) is 0 Å². The first-order valence-electron chi connectivity index (χ1n) is 6.55. The number of anilines is 1. The summed E-state index contributed by atoms with van der Waals surface area (Å²) in [6.45, 7) is 9.24. The van der Waals surface area contributed by atoms with Gasteiger partial charge in [0.2, 0.25) is 5.91 Å². The molecule has 3 heteroatoms. The highest BCUT2D eigenvalue weighted by Gasteiger charge is 2.37. The van der Waals surface area contributed by atoms with Crippen molar-refractivity contribution in [1.29, 1.82) is 0 Å². The van der Waals surface area contributed by atoms with Crippen LogP contribution in [0.25, 0.3) is 0 Å². The number of hydrogen-bond donors (Lipinski definition) is 1. The lowest BCUT2D eigenvalue weighted by molar-refractivity contribution is -0.120. The number of likely N-dealkylation sites (N-methyl/N-ethyl adjacent to an activating group) is 1. The molecule has 0 saturated heterocycles. The van der Waals surface area contributed by atoms with E-state index in [0.29, 0.717) is 5.92 Å². The summed E-state index contributed by atoms with van der Waals surface area (Å²) in [7, 11) is 1.85. The number of nitrogens with one attached hydrogen (secondary N) is 1. The molecule has 98 valence electrons. The minimum atomic E-state index is -0.183. The Balaban J connectivity index is 2.53.